The Kier molecular flexibility index (Phi) is 18.5. The second kappa shape index (κ2) is 18.6. The predicted molar refractivity (Wildman–Crippen MR) is 105 cm³/mol. The van der Waals surface area contributed by atoms with Crippen LogP contribution in [0.25, 0.3) is 0 Å². The molecule has 3 atom stereocenters. The molecule has 0 bridgehead atoms. The van der Waals surface area contributed by atoms with Gasteiger partial charge in [-0.1, -0.05) is 84.0 Å². The minimum atomic E-state index is -1.06. The Morgan fingerprint density at radius 3 is 1.60 bits per heavy atom. The van der Waals surface area contributed by atoms with Crippen molar-refractivity contribution < 1.29 is 20.1 Å². The third-order valence-electron chi connectivity index (χ3n) is 4.92. The molecule has 0 spiro atoms. The number of hydrogen-bond acceptors (Lipinski definition) is 4. The minimum absolute atomic E-state index is 0.0238. The highest BCUT2D eigenvalue weighted by Gasteiger charge is 2.20. The lowest BCUT2D eigenvalue weighted by atomic mass is 10.0. The third kappa shape index (κ3) is 15.8. The van der Waals surface area contributed by atoms with Crippen LogP contribution in [0.1, 0.15) is 104 Å². The van der Waals surface area contributed by atoms with Gasteiger partial charge in [-0.25, -0.2) is 0 Å². The fraction of sp³-hybridized carbons (Fsp3) is 1.00. The van der Waals surface area contributed by atoms with Crippen molar-refractivity contribution in [3.05, 3.63) is 0 Å². The number of aliphatic hydroxyl groups is 3. The standard InChI is InChI=1S/C21H44O4/c1-3-5-6-7-8-9-10-11-12-13-14-15-16-19(25-4-2)17-20(23)21(24)18-22/h19-24H,3-18H2,1-2H3. The normalized spacial score (nSPS) is 15.2. The van der Waals surface area contributed by atoms with Crippen LogP contribution in [0.15, 0.2) is 0 Å². The maximum absolute atomic E-state index is 9.82. The average Bonchev–Trinajstić information content (AvgIpc) is 2.61. The summed E-state index contributed by atoms with van der Waals surface area (Å²) in [6.45, 7) is 4.42. The number of rotatable bonds is 19. The van der Waals surface area contributed by atoms with Crippen LogP contribution < -0.4 is 0 Å². The van der Waals surface area contributed by atoms with E-state index in [9.17, 15) is 10.2 Å². The lowest BCUT2D eigenvalue weighted by molar-refractivity contribution is -0.0515. The molecule has 0 aliphatic heterocycles. The molecule has 4 nitrogen and oxygen atoms in total. The van der Waals surface area contributed by atoms with Gasteiger partial charge < -0.3 is 20.1 Å². The molecule has 0 aromatic rings. The topological polar surface area (TPSA) is 69.9 Å². The van der Waals surface area contributed by atoms with Gasteiger partial charge in [0.15, 0.2) is 0 Å². The van der Waals surface area contributed by atoms with E-state index in [1.807, 2.05) is 6.92 Å². The van der Waals surface area contributed by atoms with Crippen molar-refractivity contribution in [3.8, 4) is 0 Å². The summed E-state index contributed by atoms with van der Waals surface area (Å²) >= 11 is 0. The zero-order valence-electron chi connectivity index (χ0n) is 16.8. The largest absolute Gasteiger partial charge is 0.394 e. The highest BCUT2D eigenvalue weighted by Crippen LogP contribution is 2.16. The molecule has 0 heterocycles. The molecule has 0 aromatic carbocycles. The van der Waals surface area contributed by atoms with Gasteiger partial charge in [0.1, 0.15) is 6.10 Å². The van der Waals surface area contributed by atoms with Crippen molar-refractivity contribution in [2.45, 2.75) is 122 Å². The highest BCUT2D eigenvalue weighted by atomic mass is 16.5. The van der Waals surface area contributed by atoms with Gasteiger partial charge in [0.05, 0.1) is 18.8 Å². The van der Waals surface area contributed by atoms with Crippen LogP contribution in [-0.2, 0) is 4.74 Å². The molecule has 0 amide bonds. The fourth-order valence-corrected chi connectivity index (χ4v) is 3.27. The summed E-state index contributed by atoms with van der Waals surface area (Å²) in [6.07, 6.45) is 15.3. The Morgan fingerprint density at radius 1 is 0.680 bits per heavy atom. The van der Waals surface area contributed by atoms with Gasteiger partial charge >= 0.3 is 0 Å². The third-order valence-corrected chi connectivity index (χ3v) is 4.92. The second-order valence-electron chi connectivity index (χ2n) is 7.31. The van der Waals surface area contributed by atoms with Crippen molar-refractivity contribution >= 4 is 0 Å². The van der Waals surface area contributed by atoms with Crippen LogP contribution in [0, 0.1) is 0 Å². The van der Waals surface area contributed by atoms with E-state index in [0.29, 0.717) is 13.0 Å². The van der Waals surface area contributed by atoms with Crippen molar-refractivity contribution in [2.75, 3.05) is 13.2 Å². The van der Waals surface area contributed by atoms with Crippen molar-refractivity contribution in [3.63, 3.8) is 0 Å². The van der Waals surface area contributed by atoms with E-state index in [1.54, 1.807) is 0 Å². The first-order valence-electron chi connectivity index (χ1n) is 10.7. The molecule has 0 fully saturated rings. The van der Waals surface area contributed by atoms with Gasteiger partial charge in [0.25, 0.3) is 0 Å². The summed E-state index contributed by atoms with van der Waals surface area (Å²) in [5.74, 6) is 0. The first-order valence-corrected chi connectivity index (χ1v) is 10.7. The molecule has 0 saturated heterocycles. The van der Waals surface area contributed by atoms with Crippen LogP contribution in [0.4, 0.5) is 0 Å². The predicted octanol–water partition coefficient (Wildman–Crippen LogP) is 4.59. The van der Waals surface area contributed by atoms with E-state index in [-0.39, 0.29) is 6.10 Å². The van der Waals surface area contributed by atoms with E-state index in [0.717, 1.165) is 12.8 Å². The summed E-state index contributed by atoms with van der Waals surface area (Å²) in [7, 11) is 0. The first-order chi connectivity index (χ1) is 12.2. The smallest absolute Gasteiger partial charge is 0.103 e. The molecule has 0 saturated carbocycles. The van der Waals surface area contributed by atoms with Gasteiger partial charge in [0, 0.05) is 13.0 Å². The number of ether oxygens (including phenoxy) is 1. The lowest BCUT2D eigenvalue weighted by Gasteiger charge is -2.22. The maximum atomic E-state index is 9.82. The highest BCUT2D eigenvalue weighted by molar-refractivity contribution is 4.71. The van der Waals surface area contributed by atoms with Crippen molar-refractivity contribution in [1.82, 2.24) is 0 Å². The Labute approximate surface area is 156 Å². The van der Waals surface area contributed by atoms with E-state index >= 15 is 0 Å². The molecule has 4 heteroatoms. The van der Waals surface area contributed by atoms with Crippen LogP contribution >= 0.6 is 0 Å². The zero-order chi connectivity index (χ0) is 18.8. The number of aliphatic hydroxyl groups excluding tert-OH is 3. The van der Waals surface area contributed by atoms with Crippen molar-refractivity contribution in [2.24, 2.45) is 0 Å². The second-order valence-corrected chi connectivity index (χ2v) is 7.31. The van der Waals surface area contributed by atoms with Gasteiger partial charge in [-0.05, 0) is 13.3 Å². The maximum Gasteiger partial charge on any atom is 0.103 e. The summed E-state index contributed by atoms with van der Waals surface area (Å²) in [5.41, 5.74) is 0. The fourth-order valence-electron chi connectivity index (χ4n) is 3.27. The van der Waals surface area contributed by atoms with E-state index in [2.05, 4.69) is 6.92 Å². The molecular weight excluding hydrogens is 316 g/mol. The molecular formula is C21H44O4. The summed E-state index contributed by atoms with van der Waals surface area (Å²) in [4.78, 5) is 0. The van der Waals surface area contributed by atoms with Crippen LogP contribution in [0.3, 0.4) is 0 Å². The molecule has 0 radical (unpaired) electrons. The summed E-state index contributed by atoms with van der Waals surface area (Å²) < 4.78 is 5.65. The average molecular weight is 361 g/mol. The molecule has 0 aliphatic carbocycles. The number of hydrogen-bond donors (Lipinski definition) is 3. The molecule has 152 valence electrons. The Morgan fingerprint density at radius 2 is 1.16 bits per heavy atom. The molecule has 0 aliphatic rings. The van der Waals surface area contributed by atoms with E-state index in [1.165, 1.54) is 70.6 Å². The monoisotopic (exact) mass is 360 g/mol. The summed E-state index contributed by atoms with van der Waals surface area (Å²) in [5, 5.41) is 28.2. The molecule has 3 unspecified atom stereocenters. The van der Waals surface area contributed by atoms with E-state index < -0.39 is 18.8 Å². The van der Waals surface area contributed by atoms with Crippen molar-refractivity contribution in [1.29, 1.82) is 0 Å². The quantitative estimate of drug-likeness (QED) is 0.295. The van der Waals surface area contributed by atoms with Crippen LogP contribution in [-0.4, -0.2) is 46.8 Å². The Bertz CT molecular complexity index is 260. The Hall–Kier alpha value is -0.160. The van der Waals surface area contributed by atoms with Gasteiger partial charge in [-0.3, -0.25) is 0 Å². The zero-order valence-corrected chi connectivity index (χ0v) is 16.8. The van der Waals surface area contributed by atoms with E-state index in [4.69, 9.17) is 9.84 Å². The SMILES string of the molecule is CCCCCCCCCCCCCCC(CC(O)C(O)CO)OCC. The minimum Gasteiger partial charge on any atom is -0.394 e. The number of unbranched alkanes of at least 4 members (excludes halogenated alkanes) is 11. The van der Waals surface area contributed by atoms with Gasteiger partial charge in [-0.2, -0.15) is 0 Å². The molecule has 0 rings (SSSR count). The van der Waals surface area contributed by atoms with Gasteiger partial charge in [-0.15, -0.1) is 0 Å². The molecule has 25 heavy (non-hydrogen) atoms. The molecule has 0 aromatic heterocycles. The van der Waals surface area contributed by atoms with Crippen LogP contribution in [0.5, 0.6) is 0 Å². The molecule has 3 N–H and O–H groups in total. The lowest BCUT2D eigenvalue weighted by Crippen LogP contribution is -2.33. The van der Waals surface area contributed by atoms with Crippen LogP contribution in [0.2, 0.25) is 0 Å². The summed E-state index contributed by atoms with van der Waals surface area (Å²) in [6, 6.07) is 0. The van der Waals surface area contributed by atoms with Gasteiger partial charge in [0.2, 0.25) is 0 Å². The Balaban J connectivity index is 3.53. The first kappa shape index (κ1) is 24.8.